The first-order valence-electron chi connectivity index (χ1n) is 7.55. The van der Waals surface area contributed by atoms with Crippen LogP contribution in [0.25, 0.3) is 11.3 Å². The van der Waals surface area contributed by atoms with Gasteiger partial charge in [-0.3, -0.25) is 0 Å². The Labute approximate surface area is 120 Å². The van der Waals surface area contributed by atoms with Crippen molar-refractivity contribution in [2.24, 2.45) is 0 Å². The van der Waals surface area contributed by atoms with Crippen LogP contribution in [-0.2, 0) is 6.42 Å². The summed E-state index contributed by atoms with van der Waals surface area (Å²) < 4.78 is 0. The van der Waals surface area contributed by atoms with Crippen molar-refractivity contribution in [1.29, 1.82) is 0 Å². The van der Waals surface area contributed by atoms with Crippen molar-refractivity contribution in [2.75, 3.05) is 18.0 Å². The van der Waals surface area contributed by atoms with E-state index < -0.39 is 0 Å². The van der Waals surface area contributed by atoms with Crippen LogP contribution in [0.1, 0.15) is 31.7 Å². The smallest absolute Gasteiger partial charge is 0.151 e. The van der Waals surface area contributed by atoms with Crippen LogP contribution in [0.3, 0.4) is 0 Å². The van der Waals surface area contributed by atoms with Crippen molar-refractivity contribution >= 4 is 5.82 Å². The van der Waals surface area contributed by atoms with Crippen LogP contribution in [0.15, 0.2) is 36.4 Å². The van der Waals surface area contributed by atoms with Gasteiger partial charge in [0.25, 0.3) is 0 Å². The van der Waals surface area contributed by atoms with Gasteiger partial charge in [0.05, 0.1) is 5.69 Å². The van der Waals surface area contributed by atoms with E-state index in [1.807, 2.05) is 0 Å². The van der Waals surface area contributed by atoms with Crippen molar-refractivity contribution in [2.45, 2.75) is 32.6 Å². The fourth-order valence-corrected chi connectivity index (χ4v) is 2.84. The minimum Gasteiger partial charge on any atom is -0.355 e. The third-order valence-electron chi connectivity index (χ3n) is 4.00. The molecule has 2 heterocycles. The third kappa shape index (κ3) is 2.67. The number of aryl methyl sites for hydroxylation is 1. The van der Waals surface area contributed by atoms with Gasteiger partial charge in [0.2, 0.25) is 0 Å². The van der Waals surface area contributed by atoms with Gasteiger partial charge in [-0.05, 0) is 43.4 Å². The maximum Gasteiger partial charge on any atom is 0.151 e. The third-order valence-corrected chi connectivity index (χ3v) is 4.00. The Hall–Kier alpha value is -1.90. The first-order valence-corrected chi connectivity index (χ1v) is 7.55. The second-order valence-corrected chi connectivity index (χ2v) is 5.34. The van der Waals surface area contributed by atoms with Crippen LogP contribution in [0.4, 0.5) is 5.82 Å². The molecule has 1 saturated heterocycles. The van der Waals surface area contributed by atoms with Crippen LogP contribution in [0.2, 0.25) is 0 Å². The largest absolute Gasteiger partial charge is 0.355 e. The summed E-state index contributed by atoms with van der Waals surface area (Å²) in [5.41, 5.74) is 3.50. The molecule has 1 aliphatic heterocycles. The molecule has 3 nitrogen and oxygen atoms in total. The molecular formula is C17H21N3. The van der Waals surface area contributed by atoms with Gasteiger partial charge in [0, 0.05) is 18.7 Å². The molecule has 1 aliphatic rings. The van der Waals surface area contributed by atoms with Crippen LogP contribution < -0.4 is 4.90 Å². The first-order chi connectivity index (χ1) is 9.88. The topological polar surface area (TPSA) is 29.0 Å². The summed E-state index contributed by atoms with van der Waals surface area (Å²) in [5.74, 6) is 1.02. The average Bonchev–Trinajstić information content (AvgIpc) is 2.56. The SMILES string of the molecule is CCc1ccccc1-c1ccc(N2CCCCC2)nn1. The van der Waals surface area contributed by atoms with E-state index in [1.165, 1.54) is 30.4 Å². The number of benzene rings is 1. The van der Waals surface area contributed by atoms with Gasteiger partial charge in [-0.15, -0.1) is 10.2 Å². The van der Waals surface area contributed by atoms with Gasteiger partial charge >= 0.3 is 0 Å². The zero-order valence-electron chi connectivity index (χ0n) is 12.0. The lowest BCUT2D eigenvalue weighted by molar-refractivity contribution is 0.571. The molecule has 1 aromatic carbocycles. The van der Waals surface area contributed by atoms with E-state index in [0.29, 0.717) is 0 Å². The molecule has 1 aromatic heterocycles. The minimum atomic E-state index is 0.975. The van der Waals surface area contributed by atoms with Gasteiger partial charge in [-0.2, -0.15) is 0 Å². The monoisotopic (exact) mass is 267 g/mol. The summed E-state index contributed by atoms with van der Waals surface area (Å²) >= 11 is 0. The summed E-state index contributed by atoms with van der Waals surface area (Å²) in [6, 6.07) is 12.6. The van der Waals surface area contributed by atoms with E-state index in [-0.39, 0.29) is 0 Å². The molecule has 0 atom stereocenters. The molecule has 2 aromatic rings. The van der Waals surface area contributed by atoms with Gasteiger partial charge < -0.3 is 4.90 Å². The Bertz CT molecular complexity index is 557. The van der Waals surface area contributed by atoms with E-state index in [2.05, 4.69) is 58.4 Å². The molecule has 3 rings (SSSR count). The average molecular weight is 267 g/mol. The second-order valence-electron chi connectivity index (χ2n) is 5.34. The van der Waals surface area contributed by atoms with Crippen molar-refractivity contribution < 1.29 is 0 Å². The molecule has 1 fully saturated rings. The lowest BCUT2D eigenvalue weighted by atomic mass is 10.0. The minimum absolute atomic E-state index is 0.975. The molecule has 3 heteroatoms. The highest BCUT2D eigenvalue weighted by Crippen LogP contribution is 2.24. The molecule has 0 saturated carbocycles. The van der Waals surface area contributed by atoms with Crippen LogP contribution in [0, 0.1) is 0 Å². The Balaban J connectivity index is 1.85. The molecule has 20 heavy (non-hydrogen) atoms. The quantitative estimate of drug-likeness (QED) is 0.849. The fraction of sp³-hybridized carbons (Fsp3) is 0.412. The van der Waals surface area contributed by atoms with Gasteiger partial charge in [-0.1, -0.05) is 31.2 Å². The molecule has 0 amide bonds. The van der Waals surface area contributed by atoms with Crippen LogP contribution in [-0.4, -0.2) is 23.3 Å². The van der Waals surface area contributed by atoms with Crippen LogP contribution in [0.5, 0.6) is 0 Å². The van der Waals surface area contributed by atoms with E-state index in [0.717, 1.165) is 31.0 Å². The molecule has 0 unspecified atom stereocenters. The number of nitrogens with zero attached hydrogens (tertiary/aromatic N) is 3. The molecule has 0 spiro atoms. The molecule has 0 bridgehead atoms. The van der Waals surface area contributed by atoms with Crippen molar-refractivity contribution in [3.63, 3.8) is 0 Å². The van der Waals surface area contributed by atoms with Gasteiger partial charge in [0.15, 0.2) is 5.82 Å². The maximum atomic E-state index is 4.44. The maximum absolute atomic E-state index is 4.44. The Morgan fingerprint density at radius 2 is 1.75 bits per heavy atom. The molecular weight excluding hydrogens is 246 g/mol. The number of piperidine rings is 1. The molecule has 0 radical (unpaired) electrons. The second kappa shape index (κ2) is 6.04. The predicted octanol–water partition coefficient (Wildman–Crippen LogP) is 3.70. The Morgan fingerprint density at radius 3 is 2.45 bits per heavy atom. The zero-order valence-corrected chi connectivity index (χ0v) is 12.0. The van der Waals surface area contributed by atoms with Crippen LogP contribution >= 0.6 is 0 Å². The summed E-state index contributed by atoms with van der Waals surface area (Å²) in [6.07, 6.45) is 4.89. The van der Waals surface area contributed by atoms with E-state index in [9.17, 15) is 0 Å². The van der Waals surface area contributed by atoms with Gasteiger partial charge in [-0.25, -0.2) is 0 Å². The zero-order chi connectivity index (χ0) is 13.8. The normalized spacial score (nSPS) is 15.3. The summed E-state index contributed by atoms with van der Waals surface area (Å²) in [5, 5.41) is 8.87. The Kier molecular flexibility index (Phi) is 3.95. The summed E-state index contributed by atoms with van der Waals surface area (Å²) in [7, 11) is 0. The number of anilines is 1. The highest BCUT2D eigenvalue weighted by molar-refractivity contribution is 5.64. The number of hydrogen-bond acceptors (Lipinski definition) is 3. The molecule has 0 aliphatic carbocycles. The lowest BCUT2D eigenvalue weighted by Gasteiger charge is -2.27. The highest BCUT2D eigenvalue weighted by Gasteiger charge is 2.13. The van der Waals surface area contributed by atoms with Gasteiger partial charge in [0.1, 0.15) is 0 Å². The molecule has 0 N–H and O–H groups in total. The highest BCUT2D eigenvalue weighted by atomic mass is 15.3. The van der Waals surface area contributed by atoms with E-state index in [4.69, 9.17) is 0 Å². The Morgan fingerprint density at radius 1 is 0.950 bits per heavy atom. The van der Waals surface area contributed by atoms with E-state index in [1.54, 1.807) is 0 Å². The van der Waals surface area contributed by atoms with Crippen molar-refractivity contribution in [3.05, 3.63) is 42.0 Å². The van der Waals surface area contributed by atoms with E-state index >= 15 is 0 Å². The van der Waals surface area contributed by atoms with Crippen molar-refractivity contribution in [3.8, 4) is 11.3 Å². The number of rotatable bonds is 3. The first kappa shape index (κ1) is 13.1. The predicted molar refractivity (Wildman–Crippen MR) is 82.9 cm³/mol. The number of hydrogen-bond donors (Lipinski definition) is 0. The summed E-state index contributed by atoms with van der Waals surface area (Å²) in [4.78, 5) is 2.34. The van der Waals surface area contributed by atoms with Crippen molar-refractivity contribution in [1.82, 2.24) is 10.2 Å². The fourth-order valence-electron chi connectivity index (χ4n) is 2.84. The standard InChI is InChI=1S/C17H21N3/c1-2-14-8-4-5-9-15(14)16-10-11-17(19-18-16)20-12-6-3-7-13-20/h4-5,8-11H,2-3,6-7,12-13H2,1H3. The molecule has 104 valence electrons. The number of aromatic nitrogens is 2. The lowest BCUT2D eigenvalue weighted by Crippen LogP contribution is -2.30. The summed E-state index contributed by atoms with van der Waals surface area (Å²) in [6.45, 7) is 4.40.